The van der Waals surface area contributed by atoms with E-state index in [1.54, 1.807) is 12.1 Å². The Bertz CT molecular complexity index is 537. The molecule has 0 saturated carbocycles. The Morgan fingerprint density at radius 1 is 1.35 bits per heavy atom. The number of nitrogens with zero attached hydrogens (tertiary/aromatic N) is 2. The van der Waals surface area contributed by atoms with E-state index in [2.05, 4.69) is 10.1 Å². The molecule has 0 amide bonds. The fraction of sp³-hybridized carbons (Fsp3) is 0.267. The van der Waals surface area contributed by atoms with Crippen molar-refractivity contribution >= 4 is 5.97 Å². The fourth-order valence-corrected chi connectivity index (χ4v) is 1.66. The van der Waals surface area contributed by atoms with Gasteiger partial charge in [-0.25, -0.2) is 0 Å². The Morgan fingerprint density at radius 3 is 2.55 bits per heavy atom. The molecule has 1 N–H and O–H groups in total. The van der Waals surface area contributed by atoms with Gasteiger partial charge in [0.15, 0.2) is 0 Å². The van der Waals surface area contributed by atoms with Crippen molar-refractivity contribution in [3.8, 4) is 12.1 Å². The Hall–Kier alpha value is -2.79. The fourth-order valence-electron chi connectivity index (χ4n) is 1.66. The van der Waals surface area contributed by atoms with Crippen molar-refractivity contribution in [3.05, 3.63) is 47.7 Å². The van der Waals surface area contributed by atoms with Gasteiger partial charge in [0.25, 0.3) is 0 Å². The van der Waals surface area contributed by atoms with Crippen LogP contribution in [0.4, 0.5) is 0 Å². The summed E-state index contributed by atoms with van der Waals surface area (Å²) in [5.74, 6) is -0.345. The summed E-state index contributed by atoms with van der Waals surface area (Å²) in [7, 11) is 1.33. The summed E-state index contributed by atoms with van der Waals surface area (Å²) in [4.78, 5) is 11.4. The Kier molecular flexibility index (Phi) is 6.36. The minimum absolute atomic E-state index is 0.0343. The molecular formula is C15H15N3O2. The summed E-state index contributed by atoms with van der Waals surface area (Å²) >= 11 is 0. The van der Waals surface area contributed by atoms with Crippen molar-refractivity contribution in [2.45, 2.75) is 18.9 Å². The lowest BCUT2D eigenvalue weighted by atomic mass is 10.0. The molecule has 0 unspecified atom stereocenters. The molecule has 0 fully saturated rings. The van der Waals surface area contributed by atoms with Crippen LogP contribution in [-0.4, -0.2) is 19.1 Å². The minimum Gasteiger partial charge on any atom is -0.469 e. The van der Waals surface area contributed by atoms with Crippen LogP contribution in [0.25, 0.3) is 0 Å². The molecule has 102 valence electrons. The van der Waals surface area contributed by atoms with Gasteiger partial charge >= 0.3 is 5.97 Å². The average Bonchev–Trinajstić information content (AvgIpc) is 2.49. The van der Waals surface area contributed by atoms with E-state index >= 15 is 0 Å². The first kappa shape index (κ1) is 15.3. The van der Waals surface area contributed by atoms with Crippen LogP contribution >= 0.6 is 0 Å². The Morgan fingerprint density at radius 2 is 2.00 bits per heavy atom. The van der Waals surface area contributed by atoms with Crippen LogP contribution in [0, 0.1) is 22.7 Å². The molecule has 0 aliphatic heterocycles. The molecule has 0 spiro atoms. The lowest BCUT2D eigenvalue weighted by Crippen LogP contribution is -2.30. The molecule has 5 nitrogen and oxygen atoms in total. The number of rotatable bonds is 6. The molecule has 1 rings (SSSR count). The summed E-state index contributed by atoms with van der Waals surface area (Å²) in [6, 6.07) is 12.9. The summed E-state index contributed by atoms with van der Waals surface area (Å²) < 4.78 is 4.65. The van der Waals surface area contributed by atoms with Crippen molar-refractivity contribution in [1.82, 2.24) is 5.32 Å². The van der Waals surface area contributed by atoms with Crippen LogP contribution in [0.3, 0.4) is 0 Å². The van der Waals surface area contributed by atoms with E-state index in [-0.39, 0.29) is 24.0 Å². The zero-order valence-electron chi connectivity index (χ0n) is 11.2. The van der Waals surface area contributed by atoms with E-state index in [1.165, 1.54) is 13.3 Å². The van der Waals surface area contributed by atoms with Gasteiger partial charge in [-0.05, 0) is 12.0 Å². The first-order valence-corrected chi connectivity index (χ1v) is 6.06. The number of benzene rings is 1. The molecule has 0 aliphatic rings. The molecule has 1 aromatic carbocycles. The number of nitriles is 2. The average molecular weight is 269 g/mol. The molecule has 0 bridgehead atoms. The predicted octanol–water partition coefficient (Wildman–Crippen LogP) is 1.68. The predicted molar refractivity (Wildman–Crippen MR) is 73.0 cm³/mol. The molecule has 0 aliphatic carbocycles. The topological polar surface area (TPSA) is 85.9 Å². The van der Waals surface area contributed by atoms with Gasteiger partial charge < -0.3 is 10.1 Å². The van der Waals surface area contributed by atoms with Crippen LogP contribution in [0.5, 0.6) is 0 Å². The molecule has 0 radical (unpaired) electrons. The number of allylic oxidation sites excluding steroid dienone is 1. The van der Waals surface area contributed by atoms with Gasteiger partial charge in [0.1, 0.15) is 17.7 Å². The number of hydrogen-bond acceptors (Lipinski definition) is 5. The maximum Gasteiger partial charge on any atom is 0.307 e. The number of carbonyl (C=O) groups excluding carboxylic acids is 1. The molecular weight excluding hydrogens is 254 g/mol. The number of methoxy groups -OCH3 is 1. The first-order chi connectivity index (χ1) is 9.69. The highest BCUT2D eigenvalue weighted by atomic mass is 16.5. The molecule has 1 aromatic rings. The smallest absolute Gasteiger partial charge is 0.307 e. The number of carbonyl (C=O) groups is 1. The van der Waals surface area contributed by atoms with E-state index in [0.717, 1.165) is 5.56 Å². The number of esters is 1. The summed E-state index contributed by atoms with van der Waals surface area (Å²) in [6.07, 6.45) is 2.08. The maximum atomic E-state index is 11.4. The van der Waals surface area contributed by atoms with Gasteiger partial charge in [-0.3, -0.25) is 4.79 Å². The van der Waals surface area contributed by atoms with Gasteiger partial charge in [0, 0.05) is 12.2 Å². The third-order valence-corrected chi connectivity index (χ3v) is 2.67. The summed E-state index contributed by atoms with van der Waals surface area (Å²) in [5, 5.41) is 20.3. The standard InChI is InChI=1S/C15H15N3O2/c1-20-15(19)8-14(18-11-13(9-16)10-17)7-12-5-3-2-4-6-12/h2-6,11,14,18H,7-8H2,1H3/t14-/m0/s1. The SMILES string of the molecule is COC(=O)C[C@H](Cc1ccccc1)NC=C(C#N)C#N. The van der Waals surface area contributed by atoms with E-state index in [0.29, 0.717) is 6.42 Å². The van der Waals surface area contributed by atoms with Crippen LogP contribution in [-0.2, 0) is 16.0 Å². The minimum atomic E-state index is -0.345. The highest BCUT2D eigenvalue weighted by Crippen LogP contribution is 2.07. The van der Waals surface area contributed by atoms with E-state index in [4.69, 9.17) is 10.5 Å². The monoisotopic (exact) mass is 269 g/mol. The van der Waals surface area contributed by atoms with Crippen LogP contribution < -0.4 is 5.32 Å². The molecule has 0 aromatic heterocycles. The van der Waals surface area contributed by atoms with Crippen molar-refractivity contribution in [2.75, 3.05) is 7.11 Å². The van der Waals surface area contributed by atoms with Crippen LogP contribution in [0.15, 0.2) is 42.1 Å². The summed E-state index contributed by atoms with van der Waals surface area (Å²) in [5.41, 5.74) is 1.02. The third-order valence-electron chi connectivity index (χ3n) is 2.67. The lowest BCUT2D eigenvalue weighted by Gasteiger charge is -2.16. The Balaban J connectivity index is 2.76. The first-order valence-electron chi connectivity index (χ1n) is 6.06. The van der Waals surface area contributed by atoms with E-state index in [1.807, 2.05) is 30.3 Å². The van der Waals surface area contributed by atoms with E-state index in [9.17, 15) is 4.79 Å². The van der Waals surface area contributed by atoms with Crippen molar-refractivity contribution in [1.29, 1.82) is 10.5 Å². The van der Waals surface area contributed by atoms with Gasteiger partial charge in [-0.15, -0.1) is 0 Å². The number of nitrogens with one attached hydrogen (secondary N) is 1. The highest BCUT2D eigenvalue weighted by Gasteiger charge is 2.13. The lowest BCUT2D eigenvalue weighted by molar-refractivity contribution is -0.141. The molecule has 1 atom stereocenters. The van der Waals surface area contributed by atoms with Crippen LogP contribution in [0.2, 0.25) is 0 Å². The zero-order chi connectivity index (χ0) is 14.8. The largest absolute Gasteiger partial charge is 0.469 e. The number of ether oxygens (including phenoxy) is 1. The van der Waals surface area contributed by atoms with Crippen molar-refractivity contribution in [2.24, 2.45) is 0 Å². The van der Waals surface area contributed by atoms with Crippen LogP contribution in [0.1, 0.15) is 12.0 Å². The maximum absolute atomic E-state index is 11.4. The number of hydrogen-bond donors (Lipinski definition) is 1. The Labute approximate surface area is 118 Å². The normalized spacial score (nSPS) is 10.6. The van der Waals surface area contributed by atoms with E-state index < -0.39 is 0 Å². The van der Waals surface area contributed by atoms with Crippen molar-refractivity contribution < 1.29 is 9.53 Å². The van der Waals surface area contributed by atoms with Gasteiger partial charge in [-0.1, -0.05) is 30.3 Å². The quantitative estimate of drug-likeness (QED) is 0.627. The van der Waals surface area contributed by atoms with Gasteiger partial charge in [-0.2, -0.15) is 10.5 Å². The molecule has 0 saturated heterocycles. The molecule has 5 heteroatoms. The highest BCUT2D eigenvalue weighted by molar-refractivity contribution is 5.70. The second-order valence-electron chi connectivity index (χ2n) is 4.12. The summed E-state index contributed by atoms with van der Waals surface area (Å²) in [6.45, 7) is 0. The molecule has 20 heavy (non-hydrogen) atoms. The van der Waals surface area contributed by atoms with Crippen molar-refractivity contribution in [3.63, 3.8) is 0 Å². The zero-order valence-corrected chi connectivity index (χ0v) is 11.2. The third kappa shape index (κ3) is 5.24. The molecule has 0 heterocycles. The second-order valence-corrected chi connectivity index (χ2v) is 4.12. The van der Waals surface area contributed by atoms with Gasteiger partial charge in [0.2, 0.25) is 0 Å². The van der Waals surface area contributed by atoms with Gasteiger partial charge in [0.05, 0.1) is 13.5 Å². The second kappa shape index (κ2) is 8.34.